The number of fused-ring (bicyclic) bond motifs is 1. The van der Waals surface area contributed by atoms with Crippen LogP contribution in [0.4, 0.5) is 0 Å². The molecule has 6 heteroatoms. The van der Waals surface area contributed by atoms with Crippen LogP contribution in [-0.4, -0.2) is 20.6 Å². The van der Waals surface area contributed by atoms with E-state index in [1.54, 1.807) is 4.57 Å². The number of benzene rings is 2. The molecule has 30 heavy (non-hydrogen) atoms. The molecule has 0 radical (unpaired) electrons. The molecule has 2 aromatic heterocycles. The molecule has 0 atom stereocenters. The van der Waals surface area contributed by atoms with Crippen molar-refractivity contribution in [1.29, 1.82) is 0 Å². The van der Waals surface area contributed by atoms with E-state index in [4.69, 9.17) is 10.1 Å². The molecule has 0 fully saturated rings. The number of hydrogen-bond donors (Lipinski definition) is 1. The van der Waals surface area contributed by atoms with Crippen LogP contribution in [-0.2, 0) is 17.8 Å². The Labute approximate surface area is 178 Å². The summed E-state index contributed by atoms with van der Waals surface area (Å²) in [4.78, 5) is 30.1. The lowest BCUT2D eigenvalue weighted by atomic mass is 10.0. The highest BCUT2D eigenvalue weighted by Crippen LogP contribution is 2.32. The summed E-state index contributed by atoms with van der Waals surface area (Å²) in [6.07, 6.45) is 1.34. The van der Waals surface area contributed by atoms with Crippen LogP contribution in [0.2, 0.25) is 0 Å². The van der Waals surface area contributed by atoms with Crippen LogP contribution >= 0.6 is 11.3 Å². The molecule has 1 N–H and O–H groups in total. The number of carbonyl (C=O) groups is 1. The van der Waals surface area contributed by atoms with E-state index in [-0.39, 0.29) is 12.0 Å². The third kappa shape index (κ3) is 3.91. The SMILES string of the molecule is CCc1ccc(-c2csc3nc(-c4ccccc4)n(CCCC(=O)O)c(=O)c23)cc1. The number of aromatic nitrogens is 2. The molecule has 0 spiro atoms. The van der Waals surface area contributed by atoms with Crippen LogP contribution in [0.25, 0.3) is 32.7 Å². The Morgan fingerprint density at radius 1 is 1.07 bits per heavy atom. The molecule has 0 aliphatic rings. The highest BCUT2D eigenvalue weighted by Gasteiger charge is 2.18. The molecule has 0 bridgehead atoms. The molecule has 0 amide bonds. The van der Waals surface area contributed by atoms with E-state index in [1.807, 2.05) is 47.8 Å². The molecule has 4 aromatic rings. The zero-order chi connectivity index (χ0) is 21.1. The summed E-state index contributed by atoms with van der Waals surface area (Å²) in [6, 6.07) is 17.8. The molecule has 152 valence electrons. The molecule has 4 rings (SSSR count). The number of aliphatic carboxylic acids is 1. The maximum atomic E-state index is 13.6. The van der Waals surface area contributed by atoms with Gasteiger partial charge >= 0.3 is 5.97 Å². The third-order valence-electron chi connectivity index (χ3n) is 5.17. The van der Waals surface area contributed by atoms with Crippen LogP contribution in [0.3, 0.4) is 0 Å². The van der Waals surface area contributed by atoms with Gasteiger partial charge in [0.2, 0.25) is 0 Å². The van der Waals surface area contributed by atoms with Gasteiger partial charge in [0.15, 0.2) is 0 Å². The molecule has 0 aliphatic carbocycles. The minimum Gasteiger partial charge on any atom is -0.481 e. The second-order valence-electron chi connectivity index (χ2n) is 7.14. The minimum atomic E-state index is -0.870. The summed E-state index contributed by atoms with van der Waals surface area (Å²) in [5, 5.41) is 11.6. The lowest BCUT2D eigenvalue weighted by Gasteiger charge is -2.13. The normalized spacial score (nSPS) is 11.1. The lowest BCUT2D eigenvalue weighted by Crippen LogP contribution is -2.23. The first-order valence-corrected chi connectivity index (χ1v) is 10.8. The maximum Gasteiger partial charge on any atom is 0.303 e. The van der Waals surface area contributed by atoms with Gasteiger partial charge in [-0.2, -0.15) is 0 Å². The molecule has 0 saturated carbocycles. The quantitative estimate of drug-likeness (QED) is 0.447. The first kappa shape index (κ1) is 20.0. The largest absolute Gasteiger partial charge is 0.481 e. The first-order valence-electron chi connectivity index (χ1n) is 9.97. The van der Waals surface area contributed by atoms with Crippen LogP contribution in [0.5, 0.6) is 0 Å². The number of hydrogen-bond acceptors (Lipinski definition) is 4. The Morgan fingerprint density at radius 3 is 2.47 bits per heavy atom. The van der Waals surface area contributed by atoms with Crippen LogP contribution < -0.4 is 5.56 Å². The maximum absolute atomic E-state index is 13.6. The fourth-order valence-corrected chi connectivity index (χ4v) is 4.50. The van der Waals surface area contributed by atoms with Crippen molar-refractivity contribution in [3.05, 3.63) is 75.9 Å². The molecular formula is C24H22N2O3S. The van der Waals surface area contributed by atoms with Gasteiger partial charge < -0.3 is 5.11 Å². The summed E-state index contributed by atoms with van der Waals surface area (Å²) in [6.45, 7) is 2.42. The van der Waals surface area contributed by atoms with E-state index in [0.717, 1.165) is 23.1 Å². The molecule has 2 heterocycles. The van der Waals surface area contributed by atoms with Crippen molar-refractivity contribution in [1.82, 2.24) is 9.55 Å². The topological polar surface area (TPSA) is 72.2 Å². The second kappa shape index (κ2) is 8.63. The zero-order valence-corrected chi connectivity index (χ0v) is 17.5. The number of aryl methyl sites for hydroxylation is 1. The van der Waals surface area contributed by atoms with Crippen molar-refractivity contribution in [2.75, 3.05) is 0 Å². The highest BCUT2D eigenvalue weighted by molar-refractivity contribution is 7.17. The van der Waals surface area contributed by atoms with Crippen molar-refractivity contribution < 1.29 is 9.90 Å². The van der Waals surface area contributed by atoms with Gasteiger partial charge in [0.05, 0.1) is 5.39 Å². The van der Waals surface area contributed by atoms with Gasteiger partial charge in [-0.15, -0.1) is 11.3 Å². The fourth-order valence-electron chi connectivity index (χ4n) is 3.56. The van der Waals surface area contributed by atoms with Crippen molar-refractivity contribution >= 4 is 27.5 Å². The molecule has 5 nitrogen and oxygen atoms in total. The van der Waals surface area contributed by atoms with Crippen LogP contribution in [0, 0.1) is 0 Å². The van der Waals surface area contributed by atoms with Crippen molar-refractivity contribution in [3.8, 4) is 22.5 Å². The number of thiophene rings is 1. The number of carboxylic acids is 1. The zero-order valence-electron chi connectivity index (χ0n) is 16.7. The lowest BCUT2D eigenvalue weighted by molar-refractivity contribution is -0.137. The van der Waals surface area contributed by atoms with Gasteiger partial charge in [0.25, 0.3) is 5.56 Å². The monoisotopic (exact) mass is 418 g/mol. The van der Waals surface area contributed by atoms with Gasteiger partial charge in [-0.25, -0.2) is 4.98 Å². The van der Waals surface area contributed by atoms with Gasteiger partial charge in [-0.05, 0) is 24.0 Å². The molecule has 0 aliphatic heterocycles. The summed E-state index contributed by atoms with van der Waals surface area (Å²) in [5.74, 6) is -0.293. The molecule has 0 unspecified atom stereocenters. The van der Waals surface area contributed by atoms with Gasteiger partial charge in [0, 0.05) is 29.5 Å². The van der Waals surface area contributed by atoms with E-state index in [1.165, 1.54) is 16.9 Å². The van der Waals surface area contributed by atoms with Gasteiger partial charge in [0.1, 0.15) is 10.7 Å². The number of carboxylic acid groups (broad SMARTS) is 1. The van der Waals surface area contributed by atoms with Gasteiger partial charge in [-0.1, -0.05) is 61.5 Å². The smallest absolute Gasteiger partial charge is 0.303 e. The van der Waals surface area contributed by atoms with Crippen molar-refractivity contribution in [2.24, 2.45) is 0 Å². The minimum absolute atomic E-state index is 0.00762. The first-order chi connectivity index (χ1) is 14.6. The Hall–Kier alpha value is -3.25. The number of rotatable bonds is 7. The average Bonchev–Trinajstić information content (AvgIpc) is 3.20. The molecule has 0 saturated heterocycles. The Bertz CT molecular complexity index is 1240. The van der Waals surface area contributed by atoms with E-state index in [2.05, 4.69) is 19.1 Å². The predicted molar refractivity (Wildman–Crippen MR) is 121 cm³/mol. The Kier molecular flexibility index (Phi) is 5.77. The van der Waals surface area contributed by atoms with E-state index < -0.39 is 5.97 Å². The highest BCUT2D eigenvalue weighted by atomic mass is 32.1. The average molecular weight is 419 g/mol. The second-order valence-corrected chi connectivity index (χ2v) is 7.99. The van der Waals surface area contributed by atoms with Crippen molar-refractivity contribution in [3.63, 3.8) is 0 Å². The Balaban J connectivity index is 1.88. The van der Waals surface area contributed by atoms with Crippen LogP contribution in [0.15, 0.2) is 64.8 Å². The predicted octanol–water partition coefficient (Wildman–Crippen LogP) is 5.22. The standard InChI is InChI=1S/C24H22N2O3S/c1-2-16-10-12-17(13-11-16)19-15-30-23-21(19)24(29)26(14-6-9-20(27)28)22(25-23)18-7-4-3-5-8-18/h3-5,7-8,10-13,15H,2,6,9,14H2,1H3,(H,27,28). The summed E-state index contributed by atoms with van der Waals surface area (Å²) in [5.41, 5.74) is 3.83. The van der Waals surface area contributed by atoms with Gasteiger partial charge in [-0.3, -0.25) is 14.2 Å². The summed E-state index contributed by atoms with van der Waals surface area (Å²) >= 11 is 1.46. The van der Waals surface area contributed by atoms with Crippen LogP contribution in [0.1, 0.15) is 25.3 Å². The summed E-state index contributed by atoms with van der Waals surface area (Å²) < 4.78 is 1.62. The van der Waals surface area contributed by atoms with Crippen molar-refractivity contribution in [2.45, 2.75) is 32.7 Å². The molecule has 2 aromatic carbocycles. The third-order valence-corrected chi connectivity index (χ3v) is 6.04. The molecular weight excluding hydrogens is 396 g/mol. The fraction of sp³-hybridized carbons (Fsp3) is 0.208. The van der Waals surface area contributed by atoms with E-state index in [9.17, 15) is 9.59 Å². The van der Waals surface area contributed by atoms with E-state index in [0.29, 0.717) is 29.0 Å². The van der Waals surface area contributed by atoms with E-state index >= 15 is 0 Å². The summed E-state index contributed by atoms with van der Waals surface area (Å²) in [7, 11) is 0. The Morgan fingerprint density at radius 2 is 1.80 bits per heavy atom. The number of nitrogens with zero attached hydrogens (tertiary/aromatic N) is 2.